The van der Waals surface area contributed by atoms with Gasteiger partial charge in [0.15, 0.2) is 5.60 Å². The third kappa shape index (κ3) is 4.34. The Hall–Kier alpha value is -3.74. The number of hydrogen-bond acceptors (Lipinski definition) is 4. The number of aromatic nitrogens is 4. The Labute approximate surface area is 215 Å². The first-order valence-corrected chi connectivity index (χ1v) is 12.2. The molecular weight excluding hydrogens is 472 g/mol. The molecule has 0 spiro atoms. The van der Waals surface area contributed by atoms with Crippen molar-refractivity contribution in [2.24, 2.45) is 14.1 Å². The van der Waals surface area contributed by atoms with Crippen LogP contribution >= 0.6 is 11.6 Å². The van der Waals surface area contributed by atoms with Gasteiger partial charge in [-0.2, -0.15) is 0 Å². The van der Waals surface area contributed by atoms with E-state index in [9.17, 15) is 9.90 Å². The van der Waals surface area contributed by atoms with E-state index in [1.54, 1.807) is 60.7 Å². The third-order valence-corrected chi connectivity index (χ3v) is 6.52. The van der Waals surface area contributed by atoms with Crippen LogP contribution in [0, 0.1) is 6.92 Å². The molecule has 1 N–H and O–H groups in total. The molecule has 36 heavy (non-hydrogen) atoms. The van der Waals surface area contributed by atoms with Gasteiger partial charge in [-0.1, -0.05) is 67.4 Å². The maximum absolute atomic E-state index is 12.7. The highest BCUT2D eigenvalue weighted by atomic mass is 35.5. The molecule has 0 saturated carbocycles. The Morgan fingerprint density at radius 3 is 2.31 bits per heavy atom. The van der Waals surface area contributed by atoms with Crippen molar-refractivity contribution in [3.05, 3.63) is 117 Å². The third-order valence-electron chi connectivity index (χ3n) is 6.27. The van der Waals surface area contributed by atoms with Gasteiger partial charge in [0.05, 0.1) is 18.2 Å². The van der Waals surface area contributed by atoms with Crippen molar-refractivity contribution in [1.29, 1.82) is 0 Å². The van der Waals surface area contributed by atoms with Gasteiger partial charge in [0, 0.05) is 42.3 Å². The molecule has 0 aliphatic heterocycles. The second kappa shape index (κ2) is 10.1. The molecule has 184 valence electrons. The van der Waals surface area contributed by atoms with Gasteiger partial charge in [0.2, 0.25) is 0 Å². The molecule has 7 heteroatoms. The van der Waals surface area contributed by atoms with Crippen molar-refractivity contribution in [1.82, 2.24) is 19.1 Å². The molecule has 1 atom stereocenters. The minimum absolute atomic E-state index is 0.149. The highest BCUT2D eigenvalue weighted by molar-refractivity contribution is 6.30. The van der Waals surface area contributed by atoms with Crippen molar-refractivity contribution in [2.45, 2.75) is 26.4 Å². The van der Waals surface area contributed by atoms with E-state index in [2.05, 4.69) is 9.97 Å². The zero-order chi connectivity index (χ0) is 26.0. The van der Waals surface area contributed by atoms with Gasteiger partial charge in [-0.3, -0.25) is 9.36 Å². The summed E-state index contributed by atoms with van der Waals surface area (Å²) in [6, 6.07) is 18.6. The van der Waals surface area contributed by atoms with Gasteiger partial charge in [-0.15, -0.1) is 0 Å². The average molecular weight is 501 g/mol. The van der Waals surface area contributed by atoms with E-state index in [0.29, 0.717) is 27.5 Å². The lowest BCUT2D eigenvalue weighted by Crippen LogP contribution is -2.31. The van der Waals surface area contributed by atoms with Crippen LogP contribution in [0.3, 0.4) is 0 Å². The van der Waals surface area contributed by atoms with Gasteiger partial charge < -0.3 is 9.67 Å². The molecule has 3 heterocycles. The molecule has 5 rings (SSSR count). The number of fused-ring (bicyclic) bond motifs is 1. The standard InChI is InChI=1S/C27H23ClN4O2.C2H6/c1-17-5-4-6-18(11-17)22-13-25(33)32(3)26-23(22)12-20(14-30-26)27(34,24-15-29-16-31(24)2)19-7-9-21(28)10-8-19;1-2/h4-16,34H,1-3H3;1-2H3. The van der Waals surface area contributed by atoms with E-state index in [0.717, 1.165) is 22.1 Å². The number of rotatable bonds is 4. The lowest BCUT2D eigenvalue weighted by molar-refractivity contribution is 0.117. The zero-order valence-electron chi connectivity index (χ0n) is 21.0. The topological polar surface area (TPSA) is 72.9 Å². The molecule has 0 fully saturated rings. The van der Waals surface area contributed by atoms with Crippen LogP contribution in [0.5, 0.6) is 0 Å². The van der Waals surface area contributed by atoms with Crippen LogP contribution in [0.1, 0.15) is 36.2 Å². The SMILES string of the molecule is CC.Cc1cccc(-c2cc(=O)n(C)c3ncc(C(O)(c4ccc(Cl)cc4)c4cncn4C)cc23)c1. The minimum Gasteiger partial charge on any atom is -0.374 e. The number of nitrogens with zero attached hydrogens (tertiary/aromatic N) is 4. The predicted molar refractivity (Wildman–Crippen MR) is 145 cm³/mol. The maximum atomic E-state index is 12.7. The molecule has 6 nitrogen and oxygen atoms in total. The second-order valence-electron chi connectivity index (χ2n) is 8.53. The van der Waals surface area contributed by atoms with E-state index < -0.39 is 5.60 Å². The van der Waals surface area contributed by atoms with Crippen LogP contribution in [0.2, 0.25) is 5.02 Å². The Kier molecular flexibility index (Phi) is 7.11. The fourth-order valence-corrected chi connectivity index (χ4v) is 4.56. The molecule has 0 aliphatic carbocycles. The Balaban J connectivity index is 0.00000148. The van der Waals surface area contributed by atoms with E-state index in [4.69, 9.17) is 11.6 Å². The summed E-state index contributed by atoms with van der Waals surface area (Å²) < 4.78 is 3.30. The van der Waals surface area contributed by atoms with E-state index in [1.807, 2.05) is 58.2 Å². The molecule has 0 saturated heterocycles. The molecule has 0 amide bonds. The van der Waals surface area contributed by atoms with Crippen molar-refractivity contribution in [2.75, 3.05) is 0 Å². The van der Waals surface area contributed by atoms with Gasteiger partial charge in [-0.25, -0.2) is 9.97 Å². The lowest BCUT2D eigenvalue weighted by Gasteiger charge is -2.30. The first-order valence-electron chi connectivity index (χ1n) is 11.8. The molecule has 0 bridgehead atoms. The number of aryl methyl sites for hydroxylation is 3. The van der Waals surface area contributed by atoms with E-state index >= 15 is 0 Å². The van der Waals surface area contributed by atoms with Crippen LogP contribution in [0.4, 0.5) is 0 Å². The number of aliphatic hydroxyl groups is 1. The summed E-state index contributed by atoms with van der Waals surface area (Å²) in [5.41, 5.74) is 3.37. The largest absolute Gasteiger partial charge is 0.374 e. The molecule has 0 radical (unpaired) electrons. The first-order chi connectivity index (χ1) is 17.3. The van der Waals surface area contributed by atoms with Crippen molar-refractivity contribution >= 4 is 22.6 Å². The van der Waals surface area contributed by atoms with Gasteiger partial charge >= 0.3 is 0 Å². The number of halogens is 1. The lowest BCUT2D eigenvalue weighted by atomic mass is 9.83. The highest BCUT2D eigenvalue weighted by Gasteiger charge is 2.37. The summed E-state index contributed by atoms with van der Waals surface area (Å²) >= 11 is 6.13. The van der Waals surface area contributed by atoms with Crippen LogP contribution in [-0.4, -0.2) is 24.2 Å². The predicted octanol–water partition coefficient (Wildman–Crippen LogP) is 5.61. The van der Waals surface area contributed by atoms with E-state index in [-0.39, 0.29) is 5.56 Å². The summed E-state index contributed by atoms with van der Waals surface area (Å²) in [5, 5.41) is 13.6. The molecular formula is C29H29ClN4O2. The molecule has 0 aliphatic rings. The summed E-state index contributed by atoms with van der Waals surface area (Å²) in [6.07, 6.45) is 4.90. The van der Waals surface area contributed by atoms with Crippen molar-refractivity contribution in [3.8, 4) is 11.1 Å². The van der Waals surface area contributed by atoms with Crippen LogP contribution < -0.4 is 5.56 Å². The molecule has 2 aromatic carbocycles. The molecule has 5 aromatic rings. The normalized spacial score (nSPS) is 12.6. The fraction of sp³-hybridized carbons (Fsp3) is 0.207. The molecule has 3 aromatic heterocycles. The number of imidazole rings is 1. The smallest absolute Gasteiger partial charge is 0.252 e. The summed E-state index contributed by atoms with van der Waals surface area (Å²) in [6.45, 7) is 6.01. The minimum atomic E-state index is -1.55. The maximum Gasteiger partial charge on any atom is 0.252 e. The van der Waals surface area contributed by atoms with Crippen molar-refractivity contribution in [3.63, 3.8) is 0 Å². The number of pyridine rings is 2. The summed E-state index contributed by atoms with van der Waals surface area (Å²) in [7, 11) is 3.53. The highest BCUT2D eigenvalue weighted by Crippen LogP contribution is 2.38. The van der Waals surface area contributed by atoms with Gasteiger partial charge in [0.25, 0.3) is 5.56 Å². The number of benzene rings is 2. The van der Waals surface area contributed by atoms with Crippen LogP contribution in [0.25, 0.3) is 22.2 Å². The average Bonchev–Trinajstić information content (AvgIpc) is 3.33. The Morgan fingerprint density at radius 1 is 0.944 bits per heavy atom. The first kappa shape index (κ1) is 25.4. The zero-order valence-corrected chi connectivity index (χ0v) is 21.8. The summed E-state index contributed by atoms with van der Waals surface area (Å²) in [5.74, 6) is 0. The van der Waals surface area contributed by atoms with Gasteiger partial charge in [-0.05, 0) is 41.8 Å². The quantitative estimate of drug-likeness (QED) is 0.348. The Bertz CT molecular complexity index is 1590. The Morgan fingerprint density at radius 2 is 1.67 bits per heavy atom. The van der Waals surface area contributed by atoms with Crippen LogP contribution in [0.15, 0.2) is 84.2 Å². The van der Waals surface area contributed by atoms with Crippen LogP contribution in [-0.2, 0) is 19.7 Å². The number of hydrogen-bond donors (Lipinski definition) is 1. The fourth-order valence-electron chi connectivity index (χ4n) is 4.43. The van der Waals surface area contributed by atoms with E-state index in [1.165, 1.54) is 4.57 Å². The van der Waals surface area contributed by atoms with Crippen molar-refractivity contribution < 1.29 is 5.11 Å². The molecule has 1 unspecified atom stereocenters. The summed E-state index contributed by atoms with van der Waals surface area (Å²) in [4.78, 5) is 21.6. The van der Waals surface area contributed by atoms with Gasteiger partial charge in [0.1, 0.15) is 5.65 Å². The second-order valence-corrected chi connectivity index (χ2v) is 8.96. The monoisotopic (exact) mass is 500 g/mol.